The summed E-state index contributed by atoms with van der Waals surface area (Å²) < 4.78 is 14.9. The molecule has 0 spiro atoms. The first kappa shape index (κ1) is 21.7. The summed E-state index contributed by atoms with van der Waals surface area (Å²) >= 11 is 12.6. The van der Waals surface area contributed by atoms with E-state index >= 15 is 0 Å². The highest BCUT2D eigenvalue weighted by Crippen LogP contribution is 2.64. The van der Waals surface area contributed by atoms with E-state index in [1.165, 1.54) is 18.6 Å². The van der Waals surface area contributed by atoms with Crippen molar-refractivity contribution < 1.29 is 24.2 Å². The largest absolute Gasteiger partial charge is 0.465 e. The van der Waals surface area contributed by atoms with Gasteiger partial charge in [0.05, 0.1) is 28.2 Å². The number of rotatable bonds is 5. The zero-order valence-electron chi connectivity index (χ0n) is 16.5. The average Bonchev–Trinajstić information content (AvgIpc) is 3.11. The molecule has 1 aromatic carbocycles. The van der Waals surface area contributed by atoms with Crippen LogP contribution < -0.4 is 10.6 Å². The van der Waals surface area contributed by atoms with Gasteiger partial charge >= 0.3 is 6.09 Å². The molecule has 3 aliphatic rings. The SMILES string of the molecule is CC1([C@H](NC(=O)[C@@H]2C[C@@H](O)[C@@H](NC(=O)O)C2)c2c(F)ccc(Cl)c2Cl)CC2CC2C1. The Labute approximate surface area is 184 Å². The maximum absolute atomic E-state index is 14.9. The first-order valence-corrected chi connectivity index (χ1v) is 11.0. The zero-order valence-corrected chi connectivity index (χ0v) is 18.0. The molecule has 3 fully saturated rings. The van der Waals surface area contributed by atoms with Gasteiger partial charge in [0.15, 0.2) is 0 Å². The molecular formula is C21H25Cl2FN2O4. The van der Waals surface area contributed by atoms with Gasteiger partial charge in [-0.05, 0) is 61.5 Å². The second-order valence-corrected chi connectivity index (χ2v) is 10.1. The molecule has 0 aromatic heterocycles. The van der Waals surface area contributed by atoms with Crippen molar-refractivity contribution in [2.24, 2.45) is 23.2 Å². The minimum atomic E-state index is -1.25. The van der Waals surface area contributed by atoms with Crippen LogP contribution in [0.2, 0.25) is 10.0 Å². The Balaban J connectivity index is 1.59. The number of aliphatic hydroxyl groups excluding tert-OH is 1. The molecule has 9 heteroatoms. The van der Waals surface area contributed by atoms with Crippen molar-refractivity contribution in [3.05, 3.63) is 33.6 Å². The van der Waals surface area contributed by atoms with Crippen molar-refractivity contribution in [2.75, 3.05) is 0 Å². The van der Waals surface area contributed by atoms with Gasteiger partial charge in [-0.1, -0.05) is 30.1 Å². The highest BCUT2D eigenvalue weighted by atomic mass is 35.5. The van der Waals surface area contributed by atoms with Crippen LogP contribution in [0.5, 0.6) is 0 Å². The molecule has 2 amide bonds. The first-order valence-electron chi connectivity index (χ1n) is 10.2. The molecule has 0 bridgehead atoms. The normalized spacial score (nSPS) is 35.6. The van der Waals surface area contributed by atoms with Crippen molar-refractivity contribution in [3.8, 4) is 0 Å². The molecule has 4 N–H and O–H groups in total. The second kappa shape index (κ2) is 7.84. The number of carbonyl (C=O) groups excluding carboxylic acids is 1. The quantitative estimate of drug-likeness (QED) is 0.498. The highest BCUT2D eigenvalue weighted by Gasteiger charge is 2.56. The van der Waals surface area contributed by atoms with Crippen molar-refractivity contribution in [2.45, 2.75) is 57.2 Å². The zero-order chi connectivity index (χ0) is 21.8. The van der Waals surface area contributed by atoms with Crippen molar-refractivity contribution in [1.29, 1.82) is 0 Å². The number of amides is 2. The topological polar surface area (TPSA) is 98.7 Å². The molecule has 6 atom stereocenters. The molecule has 1 aromatic rings. The predicted octanol–water partition coefficient (Wildman–Crippen LogP) is 4.13. The van der Waals surface area contributed by atoms with Crippen LogP contribution in [0.4, 0.5) is 9.18 Å². The Morgan fingerprint density at radius 1 is 1.20 bits per heavy atom. The number of benzene rings is 1. The summed E-state index contributed by atoms with van der Waals surface area (Å²) in [6.07, 6.45) is 1.01. The molecule has 164 valence electrons. The van der Waals surface area contributed by atoms with Gasteiger partial charge < -0.3 is 20.8 Å². The van der Waals surface area contributed by atoms with Gasteiger partial charge in [0.1, 0.15) is 5.82 Å². The molecule has 6 nitrogen and oxygen atoms in total. The fourth-order valence-corrected chi connectivity index (χ4v) is 5.96. The number of hydrogen-bond donors (Lipinski definition) is 4. The van der Waals surface area contributed by atoms with Crippen LogP contribution in [0, 0.1) is 29.0 Å². The Hall–Kier alpha value is -1.57. The average molecular weight is 459 g/mol. The lowest BCUT2D eigenvalue weighted by molar-refractivity contribution is -0.126. The molecular weight excluding hydrogens is 434 g/mol. The number of aliphatic hydroxyl groups is 1. The fourth-order valence-electron chi connectivity index (χ4n) is 5.53. The van der Waals surface area contributed by atoms with Crippen LogP contribution >= 0.6 is 23.2 Å². The van der Waals surface area contributed by atoms with Gasteiger partial charge in [-0.2, -0.15) is 0 Å². The lowest BCUT2D eigenvalue weighted by Crippen LogP contribution is -2.42. The third kappa shape index (κ3) is 3.99. The maximum Gasteiger partial charge on any atom is 0.404 e. The van der Waals surface area contributed by atoms with Crippen molar-refractivity contribution in [1.82, 2.24) is 10.6 Å². The van der Waals surface area contributed by atoms with E-state index in [4.69, 9.17) is 28.3 Å². The van der Waals surface area contributed by atoms with E-state index in [0.29, 0.717) is 11.8 Å². The molecule has 2 unspecified atom stereocenters. The second-order valence-electron chi connectivity index (χ2n) is 9.31. The van der Waals surface area contributed by atoms with Crippen molar-refractivity contribution in [3.63, 3.8) is 0 Å². The van der Waals surface area contributed by atoms with E-state index < -0.39 is 36.0 Å². The Morgan fingerprint density at radius 2 is 1.87 bits per heavy atom. The van der Waals surface area contributed by atoms with Crippen LogP contribution in [0.15, 0.2) is 12.1 Å². The number of fused-ring (bicyclic) bond motifs is 1. The van der Waals surface area contributed by atoms with Crippen LogP contribution in [0.3, 0.4) is 0 Å². The number of hydrogen-bond acceptors (Lipinski definition) is 3. The lowest BCUT2D eigenvalue weighted by Gasteiger charge is -2.38. The molecule has 0 heterocycles. The molecule has 0 saturated heterocycles. The van der Waals surface area contributed by atoms with Crippen LogP contribution in [0.25, 0.3) is 0 Å². The Kier molecular flexibility index (Phi) is 5.66. The Bertz CT molecular complexity index is 873. The summed E-state index contributed by atoms with van der Waals surface area (Å²) in [6.45, 7) is 2.04. The van der Waals surface area contributed by atoms with Crippen LogP contribution in [0.1, 0.15) is 50.6 Å². The molecule has 30 heavy (non-hydrogen) atoms. The lowest BCUT2D eigenvalue weighted by atomic mass is 9.74. The molecule has 3 saturated carbocycles. The third-order valence-corrected chi connectivity index (χ3v) is 7.91. The van der Waals surface area contributed by atoms with E-state index in [1.807, 2.05) is 6.92 Å². The van der Waals surface area contributed by atoms with Gasteiger partial charge in [0, 0.05) is 11.5 Å². The van der Waals surface area contributed by atoms with Gasteiger partial charge in [-0.15, -0.1) is 0 Å². The maximum atomic E-state index is 14.9. The van der Waals surface area contributed by atoms with Gasteiger partial charge in [-0.3, -0.25) is 4.79 Å². The van der Waals surface area contributed by atoms with E-state index in [-0.39, 0.29) is 39.8 Å². The summed E-state index contributed by atoms with van der Waals surface area (Å²) in [5.74, 6) is -0.264. The minimum Gasteiger partial charge on any atom is -0.465 e. The summed E-state index contributed by atoms with van der Waals surface area (Å²) in [5, 5.41) is 24.6. The third-order valence-electron chi connectivity index (χ3n) is 7.09. The van der Waals surface area contributed by atoms with Crippen molar-refractivity contribution >= 4 is 35.2 Å². The van der Waals surface area contributed by atoms with E-state index in [1.54, 1.807) is 0 Å². The summed E-state index contributed by atoms with van der Waals surface area (Å²) in [5.41, 5.74) is -0.172. The molecule has 3 aliphatic carbocycles. The number of nitrogens with one attached hydrogen (secondary N) is 2. The summed E-state index contributed by atoms with van der Waals surface area (Å²) in [6, 6.07) is 1.28. The van der Waals surface area contributed by atoms with Crippen LogP contribution in [-0.2, 0) is 4.79 Å². The smallest absolute Gasteiger partial charge is 0.404 e. The Morgan fingerprint density at radius 3 is 2.50 bits per heavy atom. The predicted molar refractivity (Wildman–Crippen MR) is 110 cm³/mol. The first-order chi connectivity index (χ1) is 14.1. The van der Waals surface area contributed by atoms with E-state index in [0.717, 1.165) is 12.8 Å². The van der Waals surface area contributed by atoms with E-state index in [9.17, 15) is 19.1 Å². The summed E-state index contributed by atoms with van der Waals surface area (Å²) in [7, 11) is 0. The van der Waals surface area contributed by atoms with E-state index in [2.05, 4.69) is 10.6 Å². The number of halogens is 3. The molecule has 0 aliphatic heterocycles. The van der Waals surface area contributed by atoms with Crippen LogP contribution in [-0.4, -0.2) is 34.4 Å². The summed E-state index contributed by atoms with van der Waals surface area (Å²) in [4.78, 5) is 24.0. The standard InChI is InChI=1S/C21H25Cl2FN2O4/c1-21(7-10-4-11(10)8-21)18(16-13(24)3-2-12(22)17(16)23)26-19(28)9-5-14(15(27)6-9)25-20(29)30/h2-3,9-11,14-15,18,25,27H,4-8H2,1H3,(H,26,28)(H,29,30)/t9-,10?,11?,14-,15+,18+,21?/m0/s1. The molecule has 0 radical (unpaired) electrons. The number of carboxylic acid groups (broad SMARTS) is 1. The van der Waals surface area contributed by atoms with Gasteiger partial charge in [0.2, 0.25) is 5.91 Å². The molecule has 4 rings (SSSR count). The minimum absolute atomic E-state index is 0.0978. The van der Waals surface area contributed by atoms with Gasteiger partial charge in [0.25, 0.3) is 0 Å². The monoisotopic (exact) mass is 458 g/mol. The fraction of sp³-hybridized carbons (Fsp3) is 0.619. The van der Waals surface area contributed by atoms with Gasteiger partial charge in [-0.25, -0.2) is 9.18 Å². The highest BCUT2D eigenvalue weighted by molar-refractivity contribution is 6.42. The number of carbonyl (C=O) groups is 2.